The summed E-state index contributed by atoms with van der Waals surface area (Å²) < 4.78 is 14.0. The van der Waals surface area contributed by atoms with Crippen molar-refractivity contribution in [3.8, 4) is 17.3 Å². The smallest absolute Gasteiger partial charge is 0.150 e. The van der Waals surface area contributed by atoms with Crippen molar-refractivity contribution in [1.29, 1.82) is 5.26 Å². The van der Waals surface area contributed by atoms with Crippen LogP contribution in [0.4, 0.5) is 16.0 Å². The molecule has 1 aromatic carbocycles. The first-order valence-electron chi connectivity index (χ1n) is 8.70. The number of nitrogens with one attached hydrogen (secondary N) is 1. The summed E-state index contributed by atoms with van der Waals surface area (Å²) in [5, 5.41) is 13.1. The number of benzene rings is 1. The van der Waals surface area contributed by atoms with E-state index in [2.05, 4.69) is 30.2 Å². The Labute approximate surface area is 165 Å². The molecule has 0 fully saturated rings. The number of halogens is 1. The Morgan fingerprint density at radius 1 is 1.14 bits per heavy atom. The highest BCUT2D eigenvalue weighted by Crippen LogP contribution is 2.34. The topological polar surface area (TPSA) is 126 Å². The minimum Gasteiger partial charge on any atom is -0.382 e. The van der Waals surface area contributed by atoms with Gasteiger partial charge in [0.25, 0.3) is 0 Å². The number of hydrogen-bond donors (Lipinski definition) is 2. The number of nitrogens with zero attached hydrogens (tertiary/aromatic N) is 6. The van der Waals surface area contributed by atoms with Gasteiger partial charge in [-0.25, -0.2) is 14.4 Å². The van der Waals surface area contributed by atoms with Gasteiger partial charge in [-0.1, -0.05) is 0 Å². The maximum absolute atomic E-state index is 14.0. The molecule has 0 radical (unpaired) electrons. The van der Waals surface area contributed by atoms with E-state index in [9.17, 15) is 9.65 Å². The van der Waals surface area contributed by atoms with Crippen LogP contribution >= 0.6 is 0 Å². The molecular weight excluding hydrogens is 371 g/mol. The molecular formula is C20H15FN8. The molecule has 9 heteroatoms. The average molecular weight is 386 g/mol. The number of fused-ring (bicyclic) bond motifs is 1. The Morgan fingerprint density at radius 3 is 2.76 bits per heavy atom. The van der Waals surface area contributed by atoms with Crippen LogP contribution in [-0.2, 0) is 0 Å². The van der Waals surface area contributed by atoms with Gasteiger partial charge < -0.3 is 11.1 Å². The molecule has 3 heterocycles. The maximum atomic E-state index is 14.0. The van der Waals surface area contributed by atoms with Gasteiger partial charge >= 0.3 is 0 Å². The zero-order valence-corrected chi connectivity index (χ0v) is 15.3. The summed E-state index contributed by atoms with van der Waals surface area (Å²) in [5.74, 6) is 0.0135. The van der Waals surface area contributed by atoms with Crippen molar-refractivity contribution in [1.82, 2.24) is 24.9 Å². The van der Waals surface area contributed by atoms with Crippen molar-refractivity contribution in [2.75, 3.05) is 11.1 Å². The quantitative estimate of drug-likeness (QED) is 0.547. The molecule has 4 aromatic rings. The predicted octanol–water partition coefficient (Wildman–Crippen LogP) is 3.25. The normalized spacial score (nSPS) is 11.8. The monoisotopic (exact) mass is 386 g/mol. The number of anilines is 2. The minimum absolute atomic E-state index is 0.0880. The summed E-state index contributed by atoms with van der Waals surface area (Å²) in [5.41, 5.74) is 8.58. The van der Waals surface area contributed by atoms with Crippen LogP contribution in [0.25, 0.3) is 22.2 Å². The predicted molar refractivity (Wildman–Crippen MR) is 106 cm³/mol. The number of rotatable bonds is 4. The van der Waals surface area contributed by atoms with E-state index in [0.29, 0.717) is 28.0 Å². The molecule has 0 amide bonds. The van der Waals surface area contributed by atoms with Crippen molar-refractivity contribution in [3.63, 3.8) is 0 Å². The summed E-state index contributed by atoms with van der Waals surface area (Å²) in [6.07, 6.45) is 7.72. The molecule has 1 unspecified atom stereocenters. The van der Waals surface area contributed by atoms with Crippen LogP contribution in [0.3, 0.4) is 0 Å². The molecule has 142 valence electrons. The fourth-order valence-electron chi connectivity index (χ4n) is 3.12. The third-order valence-electron chi connectivity index (χ3n) is 4.49. The summed E-state index contributed by atoms with van der Waals surface area (Å²) in [6, 6.07) is 6.05. The SMILES string of the molecule is CC(Nc1ncnc(N)c1C#N)c1cnc2ccc(F)cc2c1-c1cnccn1. The van der Waals surface area contributed by atoms with E-state index in [1.54, 1.807) is 30.9 Å². The number of nitriles is 1. The largest absolute Gasteiger partial charge is 0.382 e. The van der Waals surface area contributed by atoms with E-state index in [0.717, 1.165) is 5.56 Å². The van der Waals surface area contributed by atoms with E-state index in [4.69, 9.17) is 5.73 Å². The molecule has 0 aliphatic rings. The Morgan fingerprint density at radius 2 is 2.00 bits per heavy atom. The fraction of sp³-hybridized carbons (Fsp3) is 0.100. The molecule has 4 rings (SSSR count). The number of hydrogen-bond acceptors (Lipinski definition) is 8. The van der Waals surface area contributed by atoms with Crippen LogP contribution in [0, 0.1) is 17.1 Å². The standard InChI is InChI=1S/C20H15FN8/c1-11(29-20-14(7-22)19(23)27-10-28-20)15-8-26-16-3-2-12(21)6-13(16)18(15)17-9-24-4-5-25-17/h2-6,8-11H,1H3,(H3,23,27,28,29). The summed E-state index contributed by atoms with van der Waals surface area (Å²) in [7, 11) is 0. The maximum Gasteiger partial charge on any atom is 0.150 e. The lowest BCUT2D eigenvalue weighted by Crippen LogP contribution is -2.13. The highest BCUT2D eigenvalue weighted by atomic mass is 19.1. The molecule has 1 atom stereocenters. The van der Waals surface area contributed by atoms with Crippen LogP contribution in [0.5, 0.6) is 0 Å². The summed E-state index contributed by atoms with van der Waals surface area (Å²) in [6.45, 7) is 1.88. The fourth-order valence-corrected chi connectivity index (χ4v) is 3.12. The molecule has 29 heavy (non-hydrogen) atoms. The average Bonchev–Trinajstić information content (AvgIpc) is 2.73. The summed E-state index contributed by atoms with van der Waals surface area (Å²) in [4.78, 5) is 20.9. The van der Waals surface area contributed by atoms with Gasteiger partial charge in [0.1, 0.15) is 35.4 Å². The second-order valence-corrected chi connectivity index (χ2v) is 6.30. The van der Waals surface area contributed by atoms with Crippen LogP contribution < -0.4 is 11.1 Å². The Hall–Kier alpha value is -4.19. The van der Waals surface area contributed by atoms with Crippen molar-refractivity contribution >= 4 is 22.5 Å². The molecule has 0 aliphatic heterocycles. The highest BCUT2D eigenvalue weighted by Gasteiger charge is 2.20. The van der Waals surface area contributed by atoms with Crippen molar-refractivity contribution in [2.45, 2.75) is 13.0 Å². The van der Waals surface area contributed by atoms with Gasteiger partial charge in [-0.2, -0.15) is 5.26 Å². The first-order valence-corrected chi connectivity index (χ1v) is 8.70. The zero-order chi connectivity index (χ0) is 20.4. The lowest BCUT2D eigenvalue weighted by Gasteiger charge is -2.20. The Bertz CT molecular complexity index is 1240. The van der Waals surface area contributed by atoms with Gasteiger partial charge in [-0.3, -0.25) is 15.0 Å². The van der Waals surface area contributed by atoms with Crippen molar-refractivity contribution < 1.29 is 4.39 Å². The van der Waals surface area contributed by atoms with Gasteiger partial charge in [-0.05, 0) is 25.1 Å². The van der Waals surface area contributed by atoms with Gasteiger partial charge in [0.15, 0.2) is 0 Å². The van der Waals surface area contributed by atoms with Crippen LogP contribution in [-0.4, -0.2) is 24.9 Å². The molecule has 0 saturated carbocycles. The third-order valence-corrected chi connectivity index (χ3v) is 4.49. The molecule has 3 N–H and O–H groups in total. The first kappa shape index (κ1) is 18.2. The van der Waals surface area contributed by atoms with Crippen LogP contribution in [0.2, 0.25) is 0 Å². The van der Waals surface area contributed by atoms with Crippen molar-refractivity contribution in [3.05, 3.63) is 66.3 Å². The van der Waals surface area contributed by atoms with E-state index < -0.39 is 0 Å². The first-order chi connectivity index (χ1) is 14.1. The van der Waals surface area contributed by atoms with E-state index >= 15 is 0 Å². The van der Waals surface area contributed by atoms with Crippen LogP contribution in [0.1, 0.15) is 24.1 Å². The number of pyridine rings is 1. The number of nitrogen functional groups attached to an aromatic ring is 1. The molecule has 0 aliphatic carbocycles. The lowest BCUT2D eigenvalue weighted by molar-refractivity contribution is 0.629. The summed E-state index contributed by atoms with van der Waals surface area (Å²) >= 11 is 0. The number of nitrogens with two attached hydrogens (primary N) is 1. The highest BCUT2D eigenvalue weighted by molar-refractivity contribution is 5.95. The second kappa shape index (κ2) is 7.44. The molecule has 8 nitrogen and oxygen atoms in total. The second-order valence-electron chi connectivity index (χ2n) is 6.30. The zero-order valence-electron chi connectivity index (χ0n) is 15.3. The van der Waals surface area contributed by atoms with E-state index in [1.807, 2.05) is 13.0 Å². The van der Waals surface area contributed by atoms with Gasteiger partial charge in [0.05, 0.1) is 23.4 Å². The van der Waals surface area contributed by atoms with E-state index in [1.165, 1.54) is 18.5 Å². The van der Waals surface area contributed by atoms with Gasteiger partial charge in [-0.15, -0.1) is 0 Å². The molecule has 0 bridgehead atoms. The van der Waals surface area contributed by atoms with Gasteiger partial charge in [0.2, 0.25) is 0 Å². The minimum atomic E-state index is -0.377. The Balaban J connectivity index is 1.88. The third kappa shape index (κ3) is 3.39. The molecule has 0 spiro atoms. The van der Waals surface area contributed by atoms with Crippen LogP contribution in [0.15, 0.2) is 49.3 Å². The number of aromatic nitrogens is 5. The lowest BCUT2D eigenvalue weighted by atomic mass is 9.96. The molecule has 0 saturated heterocycles. The van der Waals surface area contributed by atoms with Crippen molar-refractivity contribution in [2.24, 2.45) is 0 Å². The Kier molecular flexibility index (Phi) is 4.66. The van der Waals surface area contributed by atoms with E-state index in [-0.39, 0.29) is 23.2 Å². The van der Waals surface area contributed by atoms with Gasteiger partial charge in [0, 0.05) is 35.1 Å². The molecule has 3 aromatic heterocycles.